The highest BCUT2D eigenvalue weighted by Crippen LogP contribution is 2.15. The highest BCUT2D eigenvalue weighted by Gasteiger charge is 2.16. The Hall–Kier alpha value is -1.63. The molecule has 0 atom stereocenters. The van der Waals surface area contributed by atoms with E-state index in [9.17, 15) is 0 Å². The van der Waals surface area contributed by atoms with Crippen LogP contribution in [0, 0.1) is 0 Å². The predicted octanol–water partition coefficient (Wildman–Crippen LogP) is 0.112. The molecule has 2 heterocycles. The number of ether oxygens (including phenoxy) is 1. The summed E-state index contributed by atoms with van der Waals surface area (Å²) in [6.45, 7) is 8.96. The summed E-state index contributed by atoms with van der Waals surface area (Å²) in [6.07, 6.45) is 0. The Bertz CT molecular complexity index is 356. The second kappa shape index (κ2) is 6.34. The van der Waals surface area contributed by atoms with E-state index in [-0.39, 0.29) is 0 Å². The van der Waals surface area contributed by atoms with Gasteiger partial charge >= 0.3 is 6.01 Å². The smallest absolute Gasteiger partial charge is 0.323 e. The minimum atomic E-state index is 0.386. The highest BCUT2D eigenvalue weighted by atomic mass is 16.5. The number of anilines is 2. The van der Waals surface area contributed by atoms with Crippen molar-refractivity contribution in [3.63, 3.8) is 0 Å². The van der Waals surface area contributed by atoms with Gasteiger partial charge in [0.1, 0.15) is 0 Å². The van der Waals surface area contributed by atoms with Crippen molar-refractivity contribution in [3.05, 3.63) is 0 Å². The molecule has 1 fully saturated rings. The van der Waals surface area contributed by atoms with Crippen molar-refractivity contribution < 1.29 is 4.74 Å². The van der Waals surface area contributed by atoms with Gasteiger partial charge in [-0.3, -0.25) is 0 Å². The van der Waals surface area contributed by atoms with Crippen LogP contribution >= 0.6 is 0 Å². The van der Waals surface area contributed by atoms with E-state index in [1.165, 1.54) is 0 Å². The number of aromatic nitrogens is 3. The van der Waals surface area contributed by atoms with Gasteiger partial charge in [0, 0.05) is 32.7 Å². The lowest BCUT2D eigenvalue weighted by Crippen LogP contribution is -2.44. The van der Waals surface area contributed by atoms with Crippen LogP contribution in [0.2, 0.25) is 0 Å². The van der Waals surface area contributed by atoms with Crippen LogP contribution in [0.4, 0.5) is 11.9 Å². The molecule has 0 saturated carbocycles. The maximum atomic E-state index is 5.38. The second-order valence-corrected chi connectivity index (χ2v) is 3.94. The van der Waals surface area contributed by atoms with E-state index in [2.05, 4.69) is 30.5 Å². The largest absolute Gasteiger partial charge is 0.464 e. The number of rotatable bonds is 5. The molecule has 2 rings (SSSR count). The van der Waals surface area contributed by atoms with Crippen LogP contribution in [0.3, 0.4) is 0 Å². The summed E-state index contributed by atoms with van der Waals surface area (Å²) in [7, 11) is 0. The number of hydrogen-bond acceptors (Lipinski definition) is 7. The van der Waals surface area contributed by atoms with E-state index in [4.69, 9.17) is 4.74 Å². The van der Waals surface area contributed by atoms with E-state index in [0.29, 0.717) is 24.5 Å². The summed E-state index contributed by atoms with van der Waals surface area (Å²) in [5.74, 6) is 1.26. The van der Waals surface area contributed by atoms with Crippen LogP contribution in [-0.4, -0.2) is 54.3 Å². The first-order valence-corrected chi connectivity index (χ1v) is 6.42. The zero-order valence-electron chi connectivity index (χ0n) is 10.9. The molecule has 0 amide bonds. The van der Waals surface area contributed by atoms with Crippen molar-refractivity contribution in [2.24, 2.45) is 0 Å². The molecule has 0 aliphatic carbocycles. The molecule has 1 aromatic rings. The minimum absolute atomic E-state index is 0.386. The fraction of sp³-hybridized carbons (Fsp3) is 0.727. The molecule has 7 heteroatoms. The first-order valence-electron chi connectivity index (χ1n) is 6.42. The molecule has 0 bridgehead atoms. The third kappa shape index (κ3) is 3.19. The van der Waals surface area contributed by atoms with Crippen molar-refractivity contribution in [2.45, 2.75) is 13.8 Å². The molecule has 0 aromatic carbocycles. The van der Waals surface area contributed by atoms with Gasteiger partial charge in [-0.05, 0) is 13.8 Å². The van der Waals surface area contributed by atoms with E-state index in [1.807, 2.05) is 13.8 Å². The molecule has 1 saturated heterocycles. The van der Waals surface area contributed by atoms with E-state index in [0.717, 1.165) is 32.7 Å². The van der Waals surface area contributed by atoms with Crippen molar-refractivity contribution in [2.75, 3.05) is 49.5 Å². The third-order valence-corrected chi connectivity index (χ3v) is 2.61. The fourth-order valence-electron chi connectivity index (χ4n) is 1.78. The third-order valence-electron chi connectivity index (χ3n) is 2.61. The first-order chi connectivity index (χ1) is 8.83. The highest BCUT2D eigenvalue weighted by molar-refractivity contribution is 5.38. The van der Waals surface area contributed by atoms with Gasteiger partial charge in [0.2, 0.25) is 11.9 Å². The molecule has 1 aliphatic rings. The molecule has 7 nitrogen and oxygen atoms in total. The Kier molecular flexibility index (Phi) is 4.52. The molecule has 18 heavy (non-hydrogen) atoms. The maximum Gasteiger partial charge on any atom is 0.323 e. The molecule has 0 unspecified atom stereocenters. The first kappa shape index (κ1) is 12.8. The lowest BCUT2D eigenvalue weighted by molar-refractivity contribution is 0.312. The summed E-state index contributed by atoms with van der Waals surface area (Å²) in [5, 5.41) is 6.41. The standard InChI is InChI=1S/C11H20N6O/c1-3-13-9-14-10(16-11(15-9)18-4-2)17-7-5-12-6-8-17/h12H,3-8H2,1-2H3,(H,13,14,15,16). The molecular weight excluding hydrogens is 232 g/mol. The molecule has 0 radical (unpaired) electrons. The summed E-state index contributed by atoms with van der Waals surface area (Å²) in [6, 6.07) is 0.386. The summed E-state index contributed by atoms with van der Waals surface area (Å²) >= 11 is 0. The van der Waals surface area contributed by atoms with Gasteiger partial charge in [-0.2, -0.15) is 15.0 Å². The van der Waals surface area contributed by atoms with Crippen molar-refractivity contribution in [3.8, 4) is 6.01 Å². The van der Waals surface area contributed by atoms with E-state index in [1.54, 1.807) is 0 Å². The molecule has 1 aliphatic heterocycles. The van der Waals surface area contributed by atoms with Crippen LogP contribution in [0.25, 0.3) is 0 Å². The zero-order chi connectivity index (χ0) is 12.8. The zero-order valence-corrected chi connectivity index (χ0v) is 10.9. The molecule has 2 N–H and O–H groups in total. The van der Waals surface area contributed by atoms with E-state index >= 15 is 0 Å². The van der Waals surface area contributed by atoms with Gasteiger partial charge in [0.05, 0.1) is 6.61 Å². The molecular formula is C11H20N6O. The predicted molar refractivity (Wildman–Crippen MR) is 70.2 cm³/mol. The van der Waals surface area contributed by atoms with Gasteiger partial charge in [-0.15, -0.1) is 0 Å². The van der Waals surface area contributed by atoms with Crippen molar-refractivity contribution >= 4 is 11.9 Å². The number of hydrogen-bond donors (Lipinski definition) is 2. The van der Waals surface area contributed by atoms with Crippen LogP contribution in [-0.2, 0) is 0 Å². The van der Waals surface area contributed by atoms with Crippen molar-refractivity contribution in [1.82, 2.24) is 20.3 Å². The second-order valence-electron chi connectivity index (χ2n) is 3.94. The lowest BCUT2D eigenvalue weighted by atomic mass is 10.4. The average Bonchev–Trinajstić information content (AvgIpc) is 2.40. The number of nitrogens with one attached hydrogen (secondary N) is 2. The van der Waals surface area contributed by atoms with E-state index < -0.39 is 0 Å². The fourth-order valence-corrected chi connectivity index (χ4v) is 1.78. The Labute approximate surface area is 107 Å². The van der Waals surface area contributed by atoms with Crippen LogP contribution < -0.4 is 20.3 Å². The molecule has 0 spiro atoms. The summed E-state index contributed by atoms with van der Waals surface area (Å²) in [5.41, 5.74) is 0. The monoisotopic (exact) mass is 252 g/mol. The Balaban J connectivity index is 2.20. The van der Waals surface area contributed by atoms with Gasteiger partial charge in [-0.1, -0.05) is 0 Å². The van der Waals surface area contributed by atoms with Crippen LogP contribution in [0.1, 0.15) is 13.8 Å². The quantitative estimate of drug-likeness (QED) is 0.770. The maximum absolute atomic E-state index is 5.38. The lowest BCUT2D eigenvalue weighted by Gasteiger charge is -2.27. The van der Waals surface area contributed by atoms with Crippen molar-refractivity contribution in [1.29, 1.82) is 0 Å². The summed E-state index contributed by atoms with van der Waals surface area (Å²) in [4.78, 5) is 15.1. The SMILES string of the molecule is CCNc1nc(OCC)nc(N2CCNCC2)n1. The molecule has 100 valence electrons. The average molecular weight is 252 g/mol. The number of piperazine rings is 1. The van der Waals surface area contributed by atoms with Gasteiger partial charge in [0.25, 0.3) is 0 Å². The number of nitrogens with zero attached hydrogens (tertiary/aromatic N) is 4. The minimum Gasteiger partial charge on any atom is -0.464 e. The Morgan fingerprint density at radius 1 is 1.22 bits per heavy atom. The topological polar surface area (TPSA) is 75.2 Å². The summed E-state index contributed by atoms with van der Waals surface area (Å²) < 4.78 is 5.38. The normalized spacial score (nSPS) is 15.6. The Morgan fingerprint density at radius 3 is 2.67 bits per heavy atom. The van der Waals surface area contributed by atoms with Crippen LogP contribution in [0.15, 0.2) is 0 Å². The van der Waals surface area contributed by atoms with Crippen LogP contribution in [0.5, 0.6) is 6.01 Å². The van der Waals surface area contributed by atoms with Gasteiger partial charge in [-0.25, -0.2) is 0 Å². The Morgan fingerprint density at radius 2 is 2.00 bits per heavy atom. The van der Waals surface area contributed by atoms with Gasteiger partial charge < -0.3 is 20.3 Å². The molecule has 1 aromatic heterocycles. The van der Waals surface area contributed by atoms with Gasteiger partial charge in [0.15, 0.2) is 0 Å².